The van der Waals surface area contributed by atoms with Crippen LogP contribution in [0.1, 0.15) is 24.4 Å². The Morgan fingerprint density at radius 1 is 1.64 bits per heavy atom. The summed E-state index contributed by atoms with van der Waals surface area (Å²) in [6.07, 6.45) is 3.95. The Balaban J connectivity index is 2.48. The molecule has 1 aromatic heterocycles. The van der Waals surface area contributed by atoms with Crippen molar-refractivity contribution in [2.45, 2.75) is 25.8 Å². The van der Waals surface area contributed by atoms with E-state index in [0.717, 1.165) is 18.4 Å². The molecule has 1 heterocycles. The molecule has 0 N–H and O–H groups in total. The molecule has 58 valence electrons. The van der Waals surface area contributed by atoms with Crippen LogP contribution in [0.4, 0.5) is 0 Å². The Labute approximate surface area is 64.7 Å². The van der Waals surface area contributed by atoms with Crippen LogP contribution >= 0.6 is 0 Å². The highest BCUT2D eigenvalue weighted by molar-refractivity contribution is 5.03. The first kappa shape index (κ1) is 6.58. The minimum absolute atomic E-state index is 0.0347. The molecule has 0 atom stereocenters. The lowest BCUT2D eigenvalue weighted by molar-refractivity contribution is 0.596. The van der Waals surface area contributed by atoms with Gasteiger partial charge >= 0.3 is 0 Å². The maximum atomic E-state index is 11.2. The molecule has 0 unspecified atom stereocenters. The van der Waals surface area contributed by atoms with Crippen LogP contribution < -0.4 is 5.56 Å². The summed E-state index contributed by atoms with van der Waals surface area (Å²) >= 11 is 0. The van der Waals surface area contributed by atoms with Gasteiger partial charge in [-0.15, -0.1) is 0 Å². The number of hydrogen-bond donors (Lipinski definition) is 0. The normalized spacial score (nSPS) is 16.8. The highest BCUT2D eigenvalue weighted by Crippen LogP contribution is 2.32. The van der Waals surface area contributed by atoms with Gasteiger partial charge < -0.3 is 0 Å². The van der Waals surface area contributed by atoms with Crippen LogP contribution in [0.25, 0.3) is 0 Å². The van der Waals surface area contributed by atoms with Gasteiger partial charge in [-0.05, 0) is 25.3 Å². The summed E-state index contributed by atoms with van der Waals surface area (Å²) in [5.41, 5.74) is 0.972. The van der Waals surface area contributed by atoms with Gasteiger partial charge in [-0.1, -0.05) is 0 Å². The maximum Gasteiger partial charge on any atom is 0.267 e. The molecule has 0 saturated heterocycles. The zero-order valence-corrected chi connectivity index (χ0v) is 6.45. The Morgan fingerprint density at radius 2 is 2.36 bits per heavy atom. The molecule has 1 aliphatic rings. The number of nitrogens with zero attached hydrogens (tertiary/aromatic N) is 2. The average molecular weight is 150 g/mol. The van der Waals surface area contributed by atoms with Crippen molar-refractivity contribution in [1.29, 1.82) is 0 Å². The molecule has 3 heteroatoms. The molecule has 1 aliphatic carbocycles. The Morgan fingerprint density at radius 3 is 2.91 bits per heavy atom. The second kappa shape index (κ2) is 2.19. The average Bonchev–Trinajstić information content (AvgIpc) is 2.70. The first-order valence-electron chi connectivity index (χ1n) is 3.83. The number of rotatable bonds is 1. The second-order valence-electron chi connectivity index (χ2n) is 3.05. The van der Waals surface area contributed by atoms with E-state index in [1.165, 1.54) is 0 Å². The Bertz CT molecular complexity index is 325. The molecule has 0 aromatic carbocycles. The molecule has 1 aromatic rings. The van der Waals surface area contributed by atoms with Crippen molar-refractivity contribution in [3.05, 3.63) is 28.2 Å². The quantitative estimate of drug-likeness (QED) is 0.595. The van der Waals surface area contributed by atoms with Crippen LogP contribution in [0.2, 0.25) is 0 Å². The van der Waals surface area contributed by atoms with E-state index in [-0.39, 0.29) is 5.56 Å². The van der Waals surface area contributed by atoms with Crippen molar-refractivity contribution in [3.8, 4) is 0 Å². The van der Waals surface area contributed by atoms with Gasteiger partial charge in [0.15, 0.2) is 0 Å². The third kappa shape index (κ3) is 1.18. The predicted molar refractivity (Wildman–Crippen MR) is 41.5 cm³/mol. The van der Waals surface area contributed by atoms with E-state index in [0.29, 0.717) is 6.04 Å². The smallest absolute Gasteiger partial charge is 0.267 e. The van der Waals surface area contributed by atoms with Gasteiger partial charge in [0.05, 0.1) is 12.2 Å². The fraction of sp³-hybridized carbons (Fsp3) is 0.500. The van der Waals surface area contributed by atoms with Crippen molar-refractivity contribution >= 4 is 0 Å². The Kier molecular flexibility index (Phi) is 1.31. The number of aryl methyl sites for hydroxylation is 1. The highest BCUT2D eigenvalue weighted by Gasteiger charge is 2.25. The minimum Gasteiger partial charge on any atom is -0.268 e. The van der Waals surface area contributed by atoms with Crippen molar-refractivity contribution < 1.29 is 0 Å². The molecule has 1 saturated carbocycles. The van der Waals surface area contributed by atoms with Gasteiger partial charge in [0.1, 0.15) is 0 Å². The highest BCUT2D eigenvalue weighted by atomic mass is 16.1. The van der Waals surface area contributed by atoms with Gasteiger partial charge in [0, 0.05) is 6.07 Å². The van der Waals surface area contributed by atoms with E-state index in [9.17, 15) is 4.79 Å². The molecule has 0 bridgehead atoms. The summed E-state index contributed by atoms with van der Waals surface area (Å²) in [7, 11) is 0. The van der Waals surface area contributed by atoms with Crippen LogP contribution in [0.5, 0.6) is 0 Å². The number of hydrogen-bond acceptors (Lipinski definition) is 2. The van der Waals surface area contributed by atoms with Gasteiger partial charge in [-0.2, -0.15) is 5.10 Å². The van der Waals surface area contributed by atoms with Crippen LogP contribution in [0, 0.1) is 6.92 Å². The summed E-state index contributed by atoms with van der Waals surface area (Å²) < 4.78 is 1.58. The van der Waals surface area contributed by atoms with E-state index >= 15 is 0 Å². The zero-order valence-electron chi connectivity index (χ0n) is 6.45. The van der Waals surface area contributed by atoms with E-state index in [1.54, 1.807) is 16.9 Å². The van der Waals surface area contributed by atoms with Crippen LogP contribution in [0.15, 0.2) is 17.1 Å². The predicted octanol–water partition coefficient (Wildman–Crippen LogP) is 0.887. The van der Waals surface area contributed by atoms with Gasteiger partial charge in [0.25, 0.3) is 5.56 Å². The van der Waals surface area contributed by atoms with Gasteiger partial charge in [0.2, 0.25) is 0 Å². The molecule has 0 aliphatic heterocycles. The molecule has 11 heavy (non-hydrogen) atoms. The van der Waals surface area contributed by atoms with E-state index in [4.69, 9.17) is 0 Å². The lowest BCUT2D eigenvalue weighted by Crippen LogP contribution is -2.20. The third-order valence-corrected chi connectivity index (χ3v) is 1.86. The monoisotopic (exact) mass is 150 g/mol. The lowest BCUT2D eigenvalue weighted by Gasteiger charge is -1.99. The van der Waals surface area contributed by atoms with Crippen molar-refractivity contribution in [3.63, 3.8) is 0 Å². The molecule has 0 spiro atoms. The largest absolute Gasteiger partial charge is 0.268 e. The van der Waals surface area contributed by atoms with Crippen LogP contribution in [-0.4, -0.2) is 9.78 Å². The zero-order chi connectivity index (χ0) is 7.84. The van der Waals surface area contributed by atoms with E-state index in [1.807, 2.05) is 6.92 Å². The van der Waals surface area contributed by atoms with Gasteiger partial charge in [-0.3, -0.25) is 4.79 Å². The van der Waals surface area contributed by atoms with Crippen molar-refractivity contribution in [2.24, 2.45) is 0 Å². The molecular weight excluding hydrogens is 140 g/mol. The molecule has 0 amide bonds. The molecular formula is C8H10N2O. The lowest BCUT2D eigenvalue weighted by atomic mass is 10.3. The van der Waals surface area contributed by atoms with Crippen molar-refractivity contribution in [1.82, 2.24) is 9.78 Å². The summed E-state index contributed by atoms with van der Waals surface area (Å²) in [5.74, 6) is 0. The summed E-state index contributed by atoms with van der Waals surface area (Å²) in [4.78, 5) is 11.2. The summed E-state index contributed by atoms with van der Waals surface area (Å²) in [6, 6.07) is 2.02. The fourth-order valence-electron chi connectivity index (χ4n) is 1.10. The first-order valence-corrected chi connectivity index (χ1v) is 3.83. The standard InChI is InChI=1S/C8H10N2O/c1-6-4-8(11)10(9-5-6)7-2-3-7/h4-5,7H,2-3H2,1H3. The molecule has 0 radical (unpaired) electrons. The van der Waals surface area contributed by atoms with Crippen LogP contribution in [-0.2, 0) is 0 Å². The third-order valence-electron chi connectivity index (χ3n) is 1.86. The fourth-order valence-corrected chi connectivity index (χ4v) is 1.10. The molecule has 3 nitrogen and oxygen atoms in total. The minimum atomic E-state index is 0.0347. The van der Waals surface area contributed by atoms with Crippen molar-refractivity contribution in [2.75, 3.05) is 0 Å². The SMILES string of the molecule is Cc1cnn(C2CC2)c(=O)c1. The Hall–Kier alpha value is -1.12. The first-order chi connectivity index (χ1) is 5.27. The topological polar surface area (TPSA) is 34.9 Å². The van der Waals surface area contributed by atoms with E-state index in [2.05, 4.69) is 5.10 Å². The number of aromatic nitrogens is 2. The summed E-state index contributed by atoms with van der Waals surface area (Å²) in [5, 5.41) is 4.04. The maximum absolute atomic E-state index is 11.2. The molecule has 1 fully saturated rings. The summed E-state index contributed by atoms with van der Waals surface area (Å²) in [6.45, 7) is 1.88. The second-order valence-corrected chi connectivity index (χ2v) is 3.05. The van der Waals surface area contributed by atoms with Crippen LogP contribution in [0.3, 0.4) is 0 Å². The van der Waals surface area contributed by atoms with Gasteiger partial charge in [-0.25, -0.2) is 4.68 Å². The molecule has 2 rings (SSSR count). The van der Waals surface area contributed by atoms with E-state index < -0.39 is 0 Å².